The number of carbonyl (C=O) groups is 1. The SMILES string of the molecule is O=C(c1cccc(Cl)c1)N1CCc2c([nH]c3ccccc23)C1c1ccc(F)cc1. The second kappa shape index (κ2) is 7.05. The minimum atomic E-state index is -0.321. The van der Waals surface area contributed by atoms with Crippen molar-refractivity contribution in [2.75, 3.05) is 6.54 Å². The lowest BCUT2D eigenvalue weighted by molar-refractivity contribution is 0.0692. The van der Waals surface area contributed by atoms with E-state index in [1.165, 1.54) is 23.1 Å². The highest BCUT2D eigenvalue weighted by atomic mass is 35.5. The van der Waals surface area contributed by atoms with Crippen LogP contribution >= 0.6 is 11.6 Å². The van der Waals surface area contributed by atoms with Crippen LogP contribution in [0.2, 0.25) is 5.02 Å². The van der Waals surface area contributed by atoms with Gasteiger partial charge in [-0.2, -0.15) is 0 Å². The topological polar surface area (TPSA) is 36.1 Å². The summed E-state index contributed by atoms with van der Waals surface area (Å²) in [4.78, 5) is 18.8. The average molecular weight is 405 g/mol. The second-order valence-electron chi connectivity index (χ2n) is 7.28. The molecule has 29 heavy (non-hydrogen) atoms. The number of nitrogens with zero attached hydrogens (tertiary/aromatic N) is 1. The van der Waals surface area contributed by atoms with E-state index in [0.717, 1.165) is 23.2 Å². The Bertz CT molecular complexity index is 1220. The Morgan fingerprint density at radius 1 is 1.03 bits per heavy atom. The molecular formula is C24H18ClFN2O. The zero-order valence-corrected chi connectivity index (χ0v) is 16.3. The van der Waals surface area contributed by atoms with Crippen LogP contribution < -0.4 is 0 Å². The molecule has 1 amide bonds. The number of aromatic nitrogens is 1. The maximum atomic E-state index is 13.6. The maximum Gasteiger partial charge on any atom is 0.254 e. The molecule has 1 atom stereocenters. The van der Waals surface area contributed by atoms with Crippen molar-refractivity contribution in [3.8, 4) is 0 Å². The van der Waals surface area contributed by atoms with Gasteiger partial charge in [-0.1, -0.05) is 48.0 Å². The minimum Gasteiger partial charge on any atom is -0.356 e. The number of carbonyl (C=O) groups excluding carboxylic acids is 1. The van der Waals surface area contributed by atoms with Crippen LogP contribution in [0.1, 0.15) is 33.2 Å². The molecule has 3 nitrogen and oxygen atoms in total. The van der Waals surface area contributed by atoms with Gasteiger partial charge < -0.3 is 9.88 Å². The van der Waals surface area contributed by atoms with Gasteiger partial charge in [0.1, 0.15) is 5.82 Å². The number of benzene rings is 3. The molecule has 5 heteroatoms. The molecule has 2 heterocycles. The van der Waals surface area contributed by atoms with E-state index < -0.39 is 0 Å². The molecule has 1 aliphatic rings. The van der Waals surface area contributed by atoms with Gasteiger partial charge in [0.15, 0.2) is 0 Å². The first-order chi connectivity index (χ1) is 14.1. The highest BCUT2D eigenvalue weighted by Gasteiger charge is 2.35. The van der Waals surface area contributed by atoms with Crippen LogP contribution in [0.15, 0.2) is 72.8 Å². The number of aromatic amines is 1. The molecule has 0 spiro atoms. The molecule has 1 aliphatic heterocycles. The molecule has 0 aliphatic carbocycles. The number of fused-ring (bicyclic) bond motifs is 3. The third-order valence-electron chi connectivity index (χ3n) is 5.55. The Labute approximate surface area is 172 Å². The largest absolute Gasteiger partial charge is 0.356 e. The van der Waals surface area contributed by atoms with Crippen LogP contribution in [0.4, 0.5) is 4.39 Å². The summed E-state index contributed by atoms with van der Waals surface area (Å²) in [5, 5.41) is 1.70. The van der Waals surface area contributed by atoms with Gasteiger partial charge in [0.25, 0.3) is 5.91 Å². The van der Waals surface area contributed by atoms with E-state index in [-0.39, 0.29) is 17.8 Å². The van der Waals surface area contributed by atoms with Crippen molar-refractivity contribution in [2.24, 2.45) is 0 Å². The van der Waals surface area contributed by atoms with E-state index in [9.17, 15) is 9.18 Å². The summed E-state index contributed by atoms with van der Waals surface area (Å²) in [7, 11) is 0. The third-order valence-corrected chi connectivity index (χ3v) is 5.79. The van der Waals surface area contributed by atoms with Crippen molar-refractivity contribution in [2.45, 2.75) is 12.5 Å². The van der Waals surface area contributed by atoms with Gasteiger partial charge in [0.2, 0.25) is 0 Å². The highest BCUT2D eigenvalue weighted by molar-refractivity contribution is 6.31. The minimum absolute atomic E-state index is 0.0915. The predicted molar refractivity (Wildman–Crippen MR) is 113 cm³/mol. The number of nitrogens with one attached hydrogen (secondary N) is 1. The van der Waals surface area contributed by atoms with Crippen LogP contribution in [0.3, 0.4) is 0 Å². The van der Waals surface area contributed by atoms with E-state index in [1.54, 1.807) is 36.4 Å². The molecule has 1 N–H and O–H groups in total. The fourth-order valence-electron chi connectivity index (χ4n) is 4.24. The Morgan fingerprint density at radius 3 is 2.62 bits per heavy atom. The highest BCUT2D eigenvalue weighted by Crippen LogP contribution is 2.39. The van der Waals surface area contributed by atoms with Crippen molar-refractivity contribution < 1.29 is 9.18 Å². The normalized spacial score (nSPS) is 16.1. The van der Waals surface area contributed by atoms with Crippen molar-refractivity contribution in [1.82, 2.24) is 9.88 Å². The first kappa shape index (κ1) is 18.0. The van der Waals surface area contributed by atoms with Crippen LogP contribution in [0.5, 0.6) is 0 Å². The maximum absolute atomic E-state index is 13.6. The van der Waals surface area contributed by atoms with Gasteiger partial charge in [-0.15, -0.1) is 0 Å². The van der Waals surface area contributed by atoms with E-state index in [0.29, 0.717) is 17.1 Å². The standard InChI is InChI=1S/C24H18ClFN2O/c25-17-5-3-4-16(14-17)24(29)28-13-12-20-19-6-1-2-7-21(19)27-22(20)23(28)15-8-10-18(26)11-9-15/h1-11,14,23,27H,12-13H2. The molecule has 3 aromatic carbocycles. The smallest absolute Gasteiger partial charge is 0.254 e. The lowest BCUT2D eigenvalue weighted by Gasteiger charge is -2.36. The van der Waals surface area contributed by atoms with Crippen molar-refractivity contribution in [1.29, 1.82) is 0 Å². The van der Waals surface area contributed by atoms with Gasteiger partial charge in [0.05, 0.1) is 6.04 Å². The summed E-state index contributed by atoms with van der Waals surface area (Å²) >= 11 is 6.11. The Balaban J connectivity index is 1.66. The number of halogens is 2. The summed E-state index contributed by atoms with van der Waals surface area (Å²) in [5.74, 6) is -0.389. The fourth-order valence-corrected chi connectivity index (χ4v) is 4.43. The van der Waals surface area contributed by atoms with Gasteiger partial charge >= 0.3 is 0 Å². The number of amides is 1. The van der Waals surface area contributed by atoms with Crippen LogP contribution in [-0.4, -0.2) is 22.3 Å². The molecule has 1 unspecified atom stereocenters. The van der Waals surface area contributed by atoms with Crippen LogP contribution in [0.25, 0.3) is 10.9 Å². The molecule has 0 bridgehead atoms. The number of hydrogen-bond donors (Lipinski definition) is 1. The number of hydrogen-bond acceptors (Lipinski definition) is 1. The van der Waals surface area contributed by atoms with Gasteiger partial charge in [0, 0.05) is 33.7 Å². The van der Waals surface area contributed by atoms with Gasteiger partial charge in [-0.25, -0.2) is 4.39 Å². The molecular weight excluding hydrogens is 387 g/mol. The summed E-state index contributed by atoms with van der Waals surface area (Å²) in [6.07, 6.45) is 0.753. The predicted octanol–water partition coefficient (Wildman–Crippen LogP) is 5.75. The molecule has 0 saturated heterocycles. The molecule has 0 saturated carbocycles. The van der Waals surface area contributed by atoms with Crippen LogP contribution in [-0.2, 0) is 6.42 Å². The first-order valence-corrected chi connectivity index (χ1v) is 9.91. The summed E-state index contributed by atoms with van der Waals surface area (Å²) in [6, 6.07) is 21.2. The fraction of sp³-hybridized carbons (Fsp3) is 0.125. The van der Waals surface area contributed by atoms with Crippen molar-refractivity contribution in [3.05, 3.63) is 106 Å². The molecule has 1 aromatic heterocycles. The van der Waals surface area contributed by atoms with E-state index in [2.05, 4.69) is 11.1 Å². The first-order valence-electron chi connectivity index (χ1n) is 9.53. The van der Waals surface area contributed by atoms with Gasteiger partial charge in [-0.05, 0) is 53.9 Å². The lowest BCUT2D eigenvalue weighted by Crippen LogP contribution is -2.40. The zero-order chi connectivity index (χ0) is 20.0. The van der Waals surface area contributed by atoms with Crippen molar-refractivity contribution in [3.63, 3.8) is 0 Å². The van der Waals surface area contributed by atoms with E-state index in [4.69, 9.17) is 11.6 Å². The zero-order valence-electron chi connectivity index (χ0n) is 15.5. The number of rotatable bonds is 2. The molecule has 144 valence electrons. The lowest BCUT2D eigenvalue weighted by atomic mass is 9.91. The summed E-state index contributed by atoms with van der Waals surface area (Å²) in [5.41, 5.74) is 4.66. The van der Waals surface area contributed by atoms with E-state index in [1.807, 2.05) is 23.1 Å². The van der Waals surface area contributed by atoms with Crippen molar-refractivity contribution >= 4 is 28.4 Å². The molecule has 4 aromatic rings. The number of H-pyrrole nitrogens is 1. The Kier molecular flexibility index (Phi) is 4.36. The third kappa shape index (κ3) is 3.10. The Morgan fingerprint density at radius 2 is 1.83 bits per heavy atom. The molecule has 0 radical (unpaired) electrons. The summed E-state index contributed by atoms with van der Waals surface area (Å²) < 4.78 is 13.6. The quantitative estimate of drug-likeness (QED) is 0.453. The van der Waals surface area contributed by atoms with E-state index >= 15 is 0 Å². The Hall–Kier alpha value is -3.11. The number of para-hydroxylation sites is 1. The average Bonchev–Trinajstić information content (AvgIpc) is 3.12. The van der Waals surface area contributed by atoms with Crippen LogP contribution in [0, 0.1) is 5.82 Å². The second-order valence-corrected chi connectivity index (χ2v) is 7.71. The summed E-state index contributed by atoms with van der Waals surface area (Å²) in [6.45, 7) is 0.572. The van der Waals surface area contributed by atoms with Gasteiger partial charge in [-0.3, -0.25) is 4.79 Å². The molecule has 5 rings (SSSR count). The molecule has 0 fully saturated rings. The monoisotopic (exact) mass is 404 g/mol.